The van der Waals surface area contributed by atoms with E-state index in [2.05, 4.69) is 0 Å². The van der Waals surface area contributed by atoms with Gasteiger partial charge in [0.2, 0.25) is 0 Å². The molecule has 0 saturated heterocycles. The van der Waals surface area contributed by atoms with E-state index in [0.29, 0.717) is 16.9 Å². The number of carboxylic acids is 1. The van der Waals surface area contributed by atoms with Crippen molar-refractivity contribution in [3.63, 3.8) is 0 Å². The van der Waals surface area contributed by atoms with Gasteiger partial charge in [0.1, 0.15) is 11.5 Å². The molecule has 2 rings (SSSR count). The number of benzene rings is 1. The van der Waals surface area contributed by atoms with Crippen LogP contribution >= 0.6 is 0 Å². The third-order valence-corrected chi connectivity index (χ3v) is 5.70. The quantitative estimate of drug-likeness (QED) is 0.567. The van der Waals surface area contributed by atoms with Crippen molar-refractivity contribution in [1.29, 1.82) is 0 Å². The molecule has 1 aromatic rings. The molecular weight excluding hydrogens is 356 g/mol. The first-order chi connectivity index (χ1) is 13.1. The molecule has 0 fully saturated rings. The first-order valence-corrected chi connectivity index (χ1v) is 9.13. The maximum absolute atomic E-state index is 12.7. The number of allylic oxidation sites excluding steroid dienone is 3. The summed E-state index contributed by atoms with van der Waals surface area (Å²) >= 11 is 0. The Labute approximate surface area is 166 Å². The van der Waals surface area contributed by atoms with E-state index < -0.39 is 11.4 Å². The minimum Gasteiger partial charge on any atom is -0.500 e. The topological polar surface area (TPSA) is 72.8 Å². The highest BCUT2D eigenvalue weighted by atomic mass is 16.5. The van der Waals surface area contributed by atoms with Crippen LogP contribution in [0.2, 0.25) is 0 Å². The Bertz CT molecular complexity index is 900. The van der Waals surface area contributed by atoms with Crippen molar-refractivity contribution in [3.05, 3.63) is 64.0 Å². The fourth-order valence-corrected chi connectivity index (χ4v) is 3.76. The second kappa shape index (κ2) is 8.05. The first-order valence-electron chi connectivity index (χ1n) is 9.13. The fraction of sp³-hybridized carbons (Fsp3) is 0.391. The Hall–Kier alpha value is -2.82. The second-order valence-electron chi connectivity index (χ2n) is 7.61. The predicted octanol–water partition coefficient (Wildman–Crippen LogP) is 4.72. The van der Waals surface area contributed by atoms with Crippen LogP contribution in [0.25, 0.3) is 0 Å². The summed E-state index contributed by atoms with van der Waals surface area (Å²) < 4.78 is 10.8. The molecular formula is C23H28O5. The van der Waals surface area contributed by atoms with Gasteiger partial charge in [-0.25, -0.2) is 4.79 Å². The molecule has 0 saturated carbocycles. The number of carbonyl (C=O) groups is 2. The molecule has 0 aliphatic heterocycles. The molecule has 150 valence electrons. The summed E-state index contributed by atoms with van der Waals surface area (Å²) in [6, 6.07) is 5.30. The first kappa shape index (κ1) is 21.5. The van der Waals surface area contributed by atoms with Crippen molar-refractivity contribution < 1.29 is 24.2 Å². The van der Waals surface area contributed by atoms with Crippen LogP contribution in [-0.2, 0) is 9.53 Å². The Balaban J connectivity index is 2.43. The number of hydrogen-bond donors (Lipinski definition) is 1. The van der Waals surface area contributed by atoms with Crippen molar-refractivity contribution in [2.45, 2.75) is 34.6 Å². The monoisotopic (exact) mass is 384 g/mol. The summed E-state index contributed by atoms with van der Waals surface area (Å²) in [5.74, 6) is -0.0341. The predicted molar refractivity (Wildman–Crippen MR) is 109 cm³/mol. The molecule has 1 N–H and O–H groups in total. The number of ketones is 1. The molecule has 0 amide bonds. The highest BCUT2D eigenvalue weighted by Crippen LogP contribution is 2.48. The zero-order valence-corrected chi connectivity index (χ0v) is 17.5. The van der Waals surface area contributed by atoms with Gasteiger partial charge >= 0.3 is 5.97 Å². The molecule has 0 spiro atoms. The van der Waals surface area contributed by atoms with Crippen LogP contribution in [0.5, 0.6) is 5.75 Å². The highest BCUT2D eigenvalue weighted by molar-refractivity contribution is 6.04. The Kier molecular flexibility index (Phi) is 6.17. The average molecular weight is 384 g/mol. The van der Waals surface area contributed by atoms with Gasteiger partial charge in [-0.2, -0.15) is 0 Å². The molecule has 0 aromatic heterocycles. The molecule has 0 radical (unpaired) electrons. The second-order valence-corrected chi connectivity index (χ2v) is 7.61. The van der Waals surface area contributed by atoms with Crippen molar-refractivity contribution in [3.8, 4) is 5.75 Å². The third kappa shape index (κ3) is 3.75. The van der Waals surface area contributed by atoms with E-state index in [1.165, 1.54) is 7.11 Å². The summed E-state index contributed by atoms with van der Waals surface area (Å²) in [6.07, 6.45) is 3.35. The highest BCUT2D eigenvalue weighted by Gasteiger charge is 2.41. The lowest BCUT2D eigenvalue weighted by Gasteiger charge is -2.40. The van der Waals surface area contributed by atoms with Gasteiger partial charge < -0.3 is 14.6 Å². The van der Waals surface area contributed by atoms with E-state index in [-0.39, 0.29) is 17.3 Å². The standard InChI is InChI=1S/C23H28O5/c1-13-12-16(8-11-19(13)27-6)18(24)10-9-17-21(28-7)14(2)20(22(25)26)15(3)23(17,4)5/h8-12,17H,1-7H3,(H,25,26). The number of carbonyl (C=O) groups excluding carboxylic acids is 1. The molecule has 1 unspecified atom stereocenters. The smallest absolute Gasteiger partial charge is 0.336 e. The molecule has 5 heteroatoms. The molecule has 28 heavy (non-hydrogen) atoms. The molecule has 5 nitrogen and oxygen atoms in total. The van der Waals surface area contributed by atoms with E-state index in [4.69, 9.17) is 9.47 Å². The van der Waals surface area contributed by atoms with Crippen LogP contribution in [0.3, 0.4) is 0 Å². The number of aliphatic carboxylic acids is 1. The van der Waals surface area contributed by atoms with Crippen molar-refractivity contribution in [1.82, 2.24) is 0 Å². The van der Waals surface area contributed by atoms with E-state index in [1.807, 2.05) is 33.8 Å². The van der Waals surface area contributed by atoms with Crippen LogP contribution in [-0.4, -0.2) is 31.1 Å². The average Bonchev–Trinajstić information content (AvgIpc) is 2.63. The Morgan fingerprint density at radius 3 is 2.25 bits per heavy atom. The van der Waals surface area contributed by atoms with Crippen molar-refractivity contribution in [2.75, 3.05) is 14.2 Å². The van der Waals surface area contributed by atoms with Crippen LogP contribution in [0.1, 0.15) is 43.6 Å². The minimum atomic E-state index is -0.968. The molecule has 1 aliphatic rings. The zero-order valence-electron chi connectivity index (χ0n) is 17.5. The molecule has 0 heterocycles. The lowest BCUT2D eigenvalue weighted by atomic mass is 9.66. The van der Waals surface area contributed by atoms with Gasteiger partial charge in [-0.1, -0.05) is 25.5 Å². The number of carboxylic acid groups (broad SMARTS) is 1. The maximum Gasteiger partial charge on any atom is 0.336 e. The summed E-state index contributed by atoms with van der Waals surface area (Å²) in [5, 5.41) is 9.62. The van der Waals surface area contributed by atoms with E-state index in [1.54, 1.807) is 38.3 Å². The largest absolute Gasteiger partial charge is 0.500 e. The molecule has 1 aromatic carbocycles. The minimum absolute atomic E-state index is 0.125. The van der Waals surface area contributed by atoms with E-state index >= 15 is 0 Å². The van der Waals surface area contributed by atoms with Gasteiger partial charge in [0.15, 0.2) is 5.78 Å². The summed E-state index contributed by atoms with van der Waals surface area (Å²) in [7, 11) is 3.13. The van der Waals surface area contributed by atoms with Crippen LogP contribution in [0.4, 0.5) is 0 Å². The number of ether oxygens (including phenoxy) is 2. The summed E-state index contributed by atoms with van der Waals surface area (Å²) in [5.41, 5.74) is 2.59. The maximum atomic E-state index is 12.7. The van der Waals surface area contributed by atoms with Gasteiger partial charge in [-0.3, -0.25) is 4.79 Å². The zero-order chi connectivity index (χ0) is 21.2. The SMILES string of the molecule is COC1=C(C)C(C(=O)O)=C(C)C(C)(C)C1C=CC(=O)c1ccc(OC)c(C)c1. The fourth-order valence-electron chi connectivity index (χ4n) is 3.76. The Morgan fingerprint density at radius 2 is 1.75 bits per heavy atom. The molecule has 0 bridgehead atoms. The molecule has 1 aliphatic carbocycles. The van der Waals surface area contributed by atoms with Crippen molar-refractivity contribution in [2.24, 2.45) is 11.3 Å². The number of hydrogen-bond acceptors (Lipinski definition) is 4. The van der Waals surface area contributed by atoms with Crippen LogP contribution in [0, 0.1) is 18.3 Å². The summed E-state index contributed by atoms with van der Waals surface area (Å²) in [4.78, 5) is 24.4. The third-order valence-electron chi connectivity index (χ3n) is 5.70. The van der Waals surface area contributed by atoms with Gasteiger partial charge in [0.25, 0.3) is 0 Å². The lowest BCUT2D eigenvalue weighted by molar-refractivity contribution is -0.132. The normalized spacial score (nSPS) is 19.2. The van der Waals surface area contributed by atoms with Gasteiger partial charge in [0.05, 0.1) is 19.8 Å². The van der Waals surface area contributed by atoms with E-state index in [9.17, 15) is 14.7 Å². The molecule has 1 atom stereocenters. The summed E-state index contributed by atoms with van der Waals surface area (Å²) in [6.45, 7) is 9.40. The van der Waals surface area contributed by atoms with Crippen LogP contribution in [0.15, 0.2) is 52.8 Å². The van der Waals surface area contributed by atoms with Gasteiger partial charge in [-0.05, 0) is 56.0 Å². The number of rotatable bonds is 6. The van der Waals surface area contributed by atoms with Crippen LogP contribution < -0.4 is 4.74 Å². The van der Waals surface area contributed by atoms with Crippen molar-refractivity contribution >= 4 is 11.8 Å². The van der Waals surface area contributed by atoms with E-state index in [0.717, 1.165) is 16.9 Å². The van der Waals surface area contributed by atoms with Gasteiger partial charge in [-0.15, -0.1) is 0 Å². The number of methoxy groups -OCH3 is 2. The Morgan fingerprint density at radius 1 is 1.11 bits per heavy atom. The van der Waals surface area contributed by atoms with Gasteiger partial charge in [0, 0.05) is 17.1 Å². The number of aryl methyl sites for hydroxylation is 1. The lowest BCUT2D eigenvalue weighted by Crippen LogP contribution is -2.33.